The number of nitrogens with zero attached hydrogens (tertiary/aromatic N) is 1. The minimum Gasteiger partial charge on any atom is -0.465 e. The predicted octanol–water partition coefficient (Wildman–Crippen LogP) is 1.03. The minimum atomic E-state index is -0.567. The molecule has 0 aromatic carbocycles. The van der Waals surface area contributed by atoms with Gasteiger partial charge in [-0.2, -0.15) is 0 Å². The minimum absolute atomic E-state index is 0.211. The van der Waals surface area contributed by atoms with Crippen molar-refractivity contribution >= 4 is 17.8 Å². The Morgan fingerprint density at radius 1 is 1.00 bits per heavy atom. The van der Waals surface area contributed by atoms with E-state index in [-0.39, 0.29) is 37.7 Å². The van der Waals surface area contributed by atoms with Gasteiger partial charge in [-0.25, -0.2) is 0 Å². The lowest BCUT2D eigenvalue weighted by Gasteiger charge is -2.30. The molecule has 1 aliphatic heterocycles. The van der Waals surface area contributed by atoms with Crippen molar-refractivity contribution in [2.75, 3.05) is 26.3 Å². The first-order valence-corrected chi connectivity index (χ1v) is 8.15. The summed E-state index contributed by atoms with van der Waals surface area (Å²) in [4.78, 5) is 37.7. The van der Waals surface area contributed by atoms with Crippen LogP contribution in [0.3, 0.4) is 0 Å². The zero-order chi connectivity index (χ0) is 18.5. The molecule has 0 bridgehead atoms. The van der Waals surface area contributed by atoms with Crippen LogP contribution >= 0.6 is 0 Å². The topological polar surface area (TPSA) is 84.9 Å². The number of ether oxygens (including phenoxy) is 2. The molecule has 1 rings (SSSR count). The Labute approximate surface area is 143 Å². The maximum absolute atomic E-state index is 12.9. The normalized spacial score (nSPS) is 17.8. The highest BCUT2D eigenvalue weighted by Crippen LogP contribution is 2.30. The summed E-state index contributed by atoms with van der Waals surface area (Å²) < 4.78 is 9.80. The van der Waals surface area contributed by atoms with E-state index in [1.807, 2.05) is 33.8 Å². The van der Waals surface area contributed by atoms with E-state index in [1.54, 1.807) is 13.8 Å². The molecule has 0 aliphatic carbocycles. The zero-order valence-corrected chi connectivity index (χ0v) is 15.4. The lowest BCUT2D eigenvalue weighted by molar-refractivity contribution is -0.153. The molecular weight excluding hydrogens is 312 g/mol. The summed E-state index contributed by atoms with van der Waals surface area (Å²) in [5, 5.41) is 3.34. The average Bonchev–Trinajstić information content (AvgIpc) is 2.65. The summed E-state index contributed by atoms with van der Waals surface area (Å²) in [5.74, 6) is -1.49. The molecule has 1 heterocycles. The van der Waals surface area contributed by atoms with Crippen molar-refractivity contribution in [3.8, 4) is 0 Å². The van der Waals surface area contributed by atoms with Gasteiger partial charge in [-0.05, 0) is 41.5 Å². The van der Waals surface area contributed by atoms with Crippen LogP contribution in [0.5, 0.6) is 0 Å². The molecule has 0 saturated heterocycles. The maximum atomic E-state index is 12.9. The molecule has 1 N–H and O–H groups in total. The van der Waals surface area contributed by atoms with Crippen LogP contribution in [0.15, 0.2) is 11.6 Å². The third-order valence-corrected chi connectivity index (χ3v) is 3.58. The number of carbonyl (C=O) groups is 3. The highest BCUT2D eigenvalue weighted by atomic mass is 16.5. The van der Waals surface area contributed by atoms with Crippen LogP contribution in [0.2, 0.25) is 0 Å². The van der Waals surface area contributed by atoms with Gasteiger partial charge in [0, 0.05) is 16.7 Å². The van der Waals surface area contributed by atoms with E-state index in [1.165, 1.54) is 4.90 Å². The van der Waals surface area contributed by atoms with Gasteiger partial charge in [0.15, 0.2) is 0 Å². The Kier molecular flexibility index (Phi) is 6.54. The third kappa shape index (κ3) is 5.33. The number of esters is 2. The molecule has 0 aromatic heterocycles. The van der Waals surface area contributed by atoms with Gasteiger partial charge in [-0.1, -0.05) is 6.08 Å². The molecule has 1 amide bonds. The molecule has 0 saturated carbocycles. The second-order valence-corrected chi connectivity index (χ2v) is 6.80. The molecule has 0 radical (unpaired) electrons. The van der Waals surface area contributed by atoms with Crippen LogP contribution in [0.1, 0.15) is 41.5 Å². The summed E-state index contributed by atoms with van der Waals surface area (Å²) in [7, 11) is 0. The molecule has 136 valence electrons. The molecule has 0 fully saturated rings. The van der Waals surface area contributed by atoms with E-state index < -0.39 is 17.5 Å². The smallest absolute Gasteiger partial charge is 0.325 e. The summed E-state index contributed by atoms with van der Waals surface area (Å²) in [6.07, 6.45) is 1.83. The van der Waals surface area contributed by atoms with Gasteiger partial charge in [0.2, 0.25) is 0 Å². The van der Waals surface area contributed by atoms with Crippen LogP contribution < -0.4 is 5.32 Å². The number of carbonyl (C=O) groups excluding carboxylic acids is 3. The maximum Gasteiger partial charge on any atom is 0.325 e. The van der Waals surface area contributed by atoms with Gasteiger partial charge in [-0.3, -0.25) is 19.7 Å². The van der Waals surface area contributed by atoms with Crippen molar-refractivity contribution < 1.29 is 23.9 Å². The van der Waals surface area contributed by atoms with Crippen LogP contribution in [0.25, 0.3) is 0 Å². The highest BCUT2D eigenvalue weighted by molar-refractivity contribution is 5.99. The van der Waals surface area contributed by atoms with E-state index >= 15 is 0 Å². The molecule has 0 aromatic rings. The fourth-order valence-corrected chi connectivity index (χ4v) is 2.87. The summed E-state index contributed by atoms with van der Waals surface area (Å²) >= 11 is 0. The Hall–Kier alpha value is -1.89. The quantitative estimate of drug-likeness (QED) is 0.697. The predicted molar refractivity (Wildman–Crippen MR) is 89.2 cm³/mol. The van der Waals surface area contributed by atoms with Crippen LogP contribution in [0.4, 0.5) is 0 Å². The lowest BCUT2D eigenvalue weighted by Crippen LogP contribution is -2.49. The average molecular weight is 340 g/mol. The number of hydrogen-bond acceptors (Lipinski definition) is 6. The second kappa shape index (κ2) is 7.79. The second-order valence-electron chi connectivity index (χ2n) is 6.80. The van der Waals surface area contributed by atoms with E-state index in [9.17, 15) is 14.4 Å². The molecule has 7 nitrogen and oxygen atoms in total. The van der Waals surface area contributed by atoms with Crippen LogP contribution in [0, 0.1) is 0 Å². The molecule has 0 spiro atoms. The first-order valence-electron chi connectivity index (χ1n) is 8.15. The Morgan fingerprint density at radius 3 is 1.79 bits per heavy atom. The Balaban J connectivity index is 3.02. The first kappa shape index (κ1) is 20.2. The lowest BCUT2D eigenvalue weighted by atomic mass is 9.95. The number of hydrogen-bond donors (Lipinski definition) is 1. The summed E-state index contributed by atoms with van der Waals surface area (Å²) in [5.41, 5.74) is -0.406. The largest absolute Gasteiger partial charge is 0.465 e. The van der Waals surface area contributed by atoms with Crippen molar-refractivity contribution in [2.45, 2.75) is 52.6 Å². The van der Waals surface area contributed by atoms with Gasteiger partial charge in [0.1, 0.15) is 13.1 Å². The fourth-order valence-electron chi connectivity index (χ4n) is 2.87. The number of nitrogens with one attached hydrogen (secondary N) is 1. The van der Waals surface area contributed by atoms with Crippen molar-refractivity contribution in [3.63, 3.8) is 0 Å². The van der Waals surface area contributed by atoms with Gasteiger partial charge in [-0.15, -0.1) is 0 Å². The first-order chi connectivity index (χ1) is 11.0. The number of amides is 1. The molecular formula is C17H28N2O5. The third-order valence-electron chi connectivity index (χ3n) is 3.58. The number of rotatable bonds is 7. The standard InChI is InChI=1S/C17H28N2O5/c1-7-23-13(20)10-19(11-14(21)24-8-2)15(22)12-9-16(3,4)18-17(12,5)6/h9,18H,7-8,10-11H2,1-6H3. The zero-order valence-electron chi connectivity index (χ0n) is 15.4. The van der Waals surface area contributed by atoms with E-state index in [0.717, 1.165) is 0 Å². The van der Waals surface area contributed by atoms with E-state index in [4.69, 9.17) is 9.47 Å². The molecule has 24 heavy (non-hydrogen) atoms. The van der Waals surface area contributed by atoms with Gasteiger partial charge in [0.05, 0.1) is 13.2 Å². The Morgan fingerprint density at radius 2 is 1.46 bits per heavy atom. The van der Waals surface area contributed by atoms with Crippen molar-refractivity contribution in [2.24, 2.45) is 0 Å². The summed E-state index contributed by atoms with van der Waals surface area (Å²) in [6, 6.07) is 0. The highest BCUT2D eigenvalue weighted by Gasteiger charge is 2.42. The van der Waals surface area contributed by atoms with Crippen molar-refractivity contribution in [1.82, 2.24) is 10.2 Å². The van der Waals surface area contributed by atoms with Gasteiger partial charge >= 0.3 is 11.9 Å². The Bertz CT molecular complexity index is 517. The fraction of sp³-hybridized carbons (Fsp3) is 0.706. The van der Waals surface area contributed by atoms with Crippen molar-refractivity contribution in [3.05, 3.63) is 11.6 Å². The monoisotopic (exact) mass is 340 g/mol. The van der Waals surface area contributed by atoms with Crippen LogP contribution in [-0.2, 0) is 23.9 Å². The van der Waals surface area contributed by atoms with Crippen molar-refractivity contribution in [1.29, 1.82) is 0 Å². The van der Waals surface area contributed by atoms with E-state index in [2.05, 4.69) is 5.32 Å². The SMILES string of the molecule is CCOC(=O)CN(CC(=O)OCC)C(=O)C1=CC(C)(C)NC1(C)C. The summed E-state index contributed by atoms with van der Waals surface area (Å²) in [6.45, 7) is 10.9. The van der Waals surface area contributed by atoms with Gasteiger partial charge < -0.3 is 14.4 Å². The molecule has 0 unspecified atom stereocenters. The van der Waals surface area contributed by atoms with E-state index in [0.29, 0.717) is 5.57 Å². The molecule has 7 heteroatoms. The molecule has 1 aliphatic rings. The van der Waals surface area contributed by atoms with Crippen LogP contribution in [-0.4, -0.2) is 60.1 Å². The molecule has 0 atom stereocenters. The van der Waals surface area contributed by atoms with Gasteiger partial charge in [0.25, 0.3) is 5.91 Å².